The first-order valence-electron chi connectivity index (χ1n) is 13.7. The highest BCUT2D eigenvalue weighted by Gasteiger charge is 2.31. The molecule has 0 aromatic heterocycles. The largest absolute Gasteiger partial charge is 0.448 e. The SMILES string of the molecule is CC(C)N1CCC(CN(C[C@@H](N)c2ccccc2)C(=O)OCC2c3ccccc3-c3ccccc32)CC1. The minimum atomic E-state index is -0.264. The zero-order valence-corrected chi connectivity index (χ0v) is 22.1. The highest BCUT2D eigenvalue weighted by molar-refractivity contribution is 5.79. The summed E-state index contributed by atoms with van der Waals surface area (Å²) in [6, 6.07) is 27.2. The van der Waals surface area contributed by atoms with Crippen LogP contribution in [0.2, 0.25) is 0 Å². The number of carbonyl (C=O) groups is 1. The predicted octanol–water partition coefficient (Wildman–Crippen LogP) is 6.06. The van der Waals surface area contributed by atoms with E-state index in [1.54, 1.807) is 0 Å². The van der Waals surface area contributed by atoms with Crippen LogP contribution in [0.3, 0.4) is 0 Å². The van der Waals surface area contributed by atoms with Gasteiger partial charge in [-0.2, -0.15) is 0 Å². The minimum Gasteiger partial charge on any atom is -0.448 e. The summed E-state index contributed by atoms with van der Waals surface area (Å²) in [7, 11) is 0. The van der Waals surface area contributed by atoms with Gasteiger partial charge in [0.1, 0.15) is 6.61 Å². The Morgan fingerprint density at radius 1 is 0.919 bits per heavy atom. The van der Waals surface area contributed by atoms with Crippen molar-refractivity contribution in [3.05, 3.63) is 95.6 Å². The van der Waals surface area contributed by atoms with Crippen LogP contribution in [0.5, 0.6) is 0 Å². The second-order valence-electron chi connectivity index (χ2n) is 10.8. The number of nitrogens with two attached hydrogens (primary N) is 1. The van der Waals surface area contributed by atoms with Crippen LogP contribution in [0.25, 0.3) is 11.1 Å². The summed E-state index contributed by atoms with van der Waals surface area (Å²) >= 11 is 0. The topological polar surface area (TPSA) is 58.8 Å². The lowest BCUT2D eigenvalue weighted by Gasteiger charge is -2.37. The molecule has 1 heterocycles. The Balaban J connectivity index is 1.29. The number of hydrogen-bond donors (Lipinski definition) is 1. The average Bonchev–Trinajstić information content (AvgIpc) is 3.25. The van der Waals surface area contributed by atoms with Crippen molar-refractivity contribution >= 4 is 6.09 Å². The van der Waals surface area contributed by atoms with Crippen molar-refractivity contribution in [2.45, 2.75) is 44.7 Å². The van der Waals surface area contributed by atoms with Crippen LogP contribution in [-0.4, -0.2) is 54.7 Å². The summed E-state index contributed by atoms with van der Waals surface area (Å²) in [6.45, 7) is 8.12. The molecular weight excluding hydrogens is 458 g/mol. The normalized spacial score (nSPS) is 16.9. The third kappa shape index (κ3) is 5.73. The number of ether oxygens (including phenoxy) is 1. The number of hydrogen-bond acceptors (Lipinski definition) is 4. The van der Waals surface area contributed by atoms with Crippen LogP contribution < -0.4 is 5.73 Å². The van der Waals surface area contributed by atoms with Gasteiger partial charge < -0.3 is 20.3 Å². The van der Waals surface area contributed by atoms with Gasteiger partial charge in [-0.3, -0.25) is 0 Å². The Kier molecular flexibility index (Phi) is 7.92. The van der Waals surface area contributed by atoms with Crippen molar-refractivity contribution in [2.24, 2.45) is 11.7 Å². The third-order valence-corrected chi connectivity index (χ3v) is 8.10. The van der Waals surface area contributed by atoms with Gasteiger partial charge in [-0.05, 0) is 73.5 Å². The fraction of sp³-hybridized carbons (Fsp3) is 0.406. The molecule has 0 spiro atoms. The van der Waals surface area contributed by atoms with Gasteiger partial charge >= 0.3 is 6.09 Å². The van der Waals surface area contributed by atoms with Gasteiger partial charge in [0.15, 0.2) is 0 Å². The summed E-state index contributed by atoms with van der Waals surface area (Å²) in [4.78, 5) is 18.0. The van der Waals surface area contributed by atoms with Gasteiger partial charge in [0.25, 0.3) is 0 Å². The first-order valence-corrected chi connectivity index (χ1v) is 13.7. The molecule has 1 aliphatic heterocycles. The number of likely N-dealkylation sites (tertiary alicyclic amines) is 1. The predicted molar refractivity (Wildman–Crippen MR) is 149 cm³/mol. The Bertz CT molecular complexity index is 1140. The van der Waals surface area contributed by atoms with Crippen molar-refractivity contribution in [1.29, 1.82) is 0 Å². The van der Waals surface area contributed by atoms with E-state index in [1.165, 1.54) is 22.3 Å². The number of fused-ring (bicyclic) bond motifs is 3. The molecule has 3 aromatic rings. The zero-order valence-electron chi connectivity index (χ0n) is 22.1. The monoisotopic (exact) mass is 497 g/mol. The molecule has 0 unspecified atom stereocenters. The van der Waals surface area contributed by atoms with E-state index in [4.69, 9.17) is 10.5 Å². The molecule has 2 N–H and O–H groups in total. The van der Waals surface area contributed by atoms with Gasteiger partial charge in [-0.15, -0.1) is 0 Å². The van der Waals surface area contributed by atoms with Gasteiger partial charge in [0, 0.05) is 31.1 Å². The first-order chi connectivity index (χ1) is 18.0. The van der Waals surface area contributed by atoms with Crippen LogP contribution in [-0.2, 0) is 4.74 Å². The molecule has 1 fully saturated rings. The standard InChI is InChI=1S/C32H39N3O2/c1-23(2)34-18-16-24(17-19-34)20-35(21-31(33)25-10-4-3-5-11-25)32(36)37-22-30-28-14-8-6-12-26(28)27-13-7-9-15-29(27)30/h3-15,23-24,30-31H,16-22,33H2,1-2H3/t31-/m1/s1. The molecule has 1 atom stereocenters. The van der Waals surface area contributed by atoms with E-state index in [1.807, 2.05) is 35.2 Å². The van der Waals surface area contributed by atoms with Gasteiger partial charge in [0.2, 0.25) is 0 Å². The van der Waals surface area contributed by atoms with Gasteiger partial charge in [-0.25, -0.2) is 4.79 Å². The van der Waals surface area contributed by atoms with Crippen LogP contribution in [0.1, 0.15) is 55.3 Å². The summed E-state index contributed by atoms with van der Waals surface area (Å²) in [5.74, 6) is 0.508. The van der Waals surface area contributed by atoms with E-state index in [-0.39, 0.29) is 18.1 Å². The van der Waals surface area contributed by atoms with E-state index in [0.717, 1.165) is 31.5 Å². The highest BCUT2D eigenvalue weighted by atomic mass is 16.6. The van der Waals surface area contributed by atoms with Crippen LogP contribution in [0, 0.1) is 5.92 Å². The maximum Gasteiger partial charge on any atom is 0.409 e. The average molecular weight is 498 g/mol. The van der Waals surface area contributed by atoms with E-state index in [9.17, 15) is 4.79 Å². The molecule has 194 valence electrons. The number of nitrogens with zero attached hydrogens (tertiary/aromatic N) is 2. The number of carbonyl (C=O) groups excluding carboxylic acids is 1. The molecule has 0 saturated carbocycles. The molecule has 2 aliphatic rings. The van der Waals surface area contributed by atoms with Crippen LogP contribution in [0.4, 0.5) is 4.79 Å². The smallest absolute Gasteiger partial charge is 0.409 e. The lowest BCUT2D eigenvalue weighted by atomic mass is 9.95. The molecule has 1 amide bonds. The Morgan fingerprint density at radius 3 is 2.08 bits per heavy atom. The third-order valence-electron chi connectivity index (χ3n) is 8.10. The van der Waals surface area contributed by atoms with Crippen molar-refractivity contribution in [3.63, 3.8) is 0 Å². The fourth-order valence-corrected chi connectivity index (χ4v) is 5.92. The maximum atomic E-state index is 13.6. The summed E-state index contributed by atoms with van der Waals surface area (Å²) in [5, 5.41) is 0. The minimum absolute atomic E-state index is 0.0512. The van der Waals surface area contributed by atoms with E-state index < -0.39 is 0 Å². The molecule has 1 aliphatic carbocycles. The molecule has 3 aromatic carbocycles. The maximum absolute atomic E-state index is 13.6. The Hall–Kier alpha value is -3.15. The molecule has 5 rings (SSSR count). The first kappa shape index (κ1) is 25.5. The van der Waals surface area contributed by atoms with E-state index >= 15 is 0 Å². The summed E-state index contributed by atoms with van der Waals surface area (Å²) in [5.41, 5.74) is 12.5. The second-order valence-corrected chi connectivity index (χ2v) is 10.8. The van der Waals surface area contributed by atoms with Crippen molar-refractivity contribution in [1.82, 2.24) is 9.80 Å². The van der Waals surface area contributed by atoms with Gasteiger partial charge in [-0.1, -0.05) is 78.9 Å². The zero-order chi connectivity index (χ0) is 25.8. The number of benzene rings is 3. The molecule has 0 radical (unpaired) electrons. The molecule has 1 saturated heterocycles. The van der Waals surface area contributed by atoms with E-state index in [0.29, 0.717) is 31.7 Å². The van der Waals surface area contributed by atoms with Gasteiger partial charge in [0.05, 0.1) is 0 Å². The number of amides is 1. The van der Waals surface area contributed by atoms with Crippen molar-refractivity contribution < 1.29 is 9.53 Å². The van der Waals surface area contributed by atoms with Crippen molar-refractivity contribution in [2.75, 3.05) is 32.8 Å². The lowest BCUT2D eigenvalue weighted by molar-refractivity contribution is 0.0784. The Labute approximate surface area is 221 Å². The number of piperidine rings is 1. The molecular formula is C32H39N3O2. The van der Waals surface area contributed by atoms with E-state index in [2.05, 4.69) is 67.3 Å². The summed E-state index contributed by atoms with van der Waals surface area (Å²) < 4.78 is 6.06. The van der Waals surface area contributed by atoms with Crippen LogP contribution >= 0.6 is 0 Å². The second kappa shape index (κ2) is 11.5. The molecule has 5 nitrogen and oxygen atoms in total. The van der Waals surface area contributed by atoms with Crippen molar-refractivity contribution in [3.8, 4) is 11.1 Å². The number of rotatable bonds is 8. The molecule has 5 heteroatoms. The molecule has 37 heavy (non-hydrogen) atoms. The van der Waals surface area contributed by atoms with Crippen LogP contribution in [0.15, 0.2) is 78.9 Å². The molecule has 0 bridgehead atoms. The highest BCUT2D eigenvalue weighted by Crippen LogP contribution is 2.44. The fourth-order valence-electron chi connectivity index (χ4n) is 5.92. The lowest BCUT2D eigenvalue weighted by Crippen LogP contribution is -2.45. The Morgan fingerprint density at radius 2 is 1.49 bits per heavy atom. The summed E-state index contributed by atoms with van der Waals surface area (Å²) in [6.07, 6.45) is 1.91. The quantitative estimate of drug-likeness (QED) is 0.411.